The first kappa shape index (κ1) is 16.7. The quantitative estimate of drug-likeness (QED) is 0.756. The van der Waals surface area contributed by atoms with Crippen molar-refractivity contribution in [2.45, 2.75) is 26.3 Å². The van der Waals surface area contributed by atoms with Gasteiger partial charge in [0.1, 0.15) is 0 Å². The summed E-state index contributed by atoms with van der Waals surface area (Å²) in [5.41, 5.74) is 0.395. The highest BCUT2D eigenvalue weighted by Crippen LogP contribution is 2.19. The third kappa shape index (κ3) is 6.07. The lowest BCUT2D eigenvalue weighted by Crippen LogP contribution is -2.35. The summed E-state index contributed by atoms with van der Waals surface area (Å²) in [4.78, 5) is 21.9. The van der Waals surface area contributed by atoms with E-state index < -0.39 is 11.8 Å². The Morgan fingerprint density at radius 3 is 2.76 bits per heavy atom. The summed E-state index contributed by atoms with van der Waals surface area (Å²) in [7, 11) is 0. The molecule has 0 aromatic heterocycles. The molecule has 6 heteroatoms. The summed E-state index contributed by atoms with van der Waals surface area (Å²) in [6.07, 6.45) is 2.98. The normalized spacial score (nSPS) is 12.1. The van der Waals surface area contributed by atoms with E-state index in [1.807, 2.05) is 13.8 Å². The number of carboxylic acids is 1. The van der Waals surface area contributed by atoms with E-state index in [2.05, 4.69) is 5.32 Å². The second-order valence-corrected chi connectivity index (χ2v) is 4.53. The van der Waals surface area contributed by atoms with Crippen LogP contribution in [0.5, 0.6) is 5.75 Å². The first-order valence-electron chi connectivity index (χ1n) is 6.55. The first-order chi connectivity index (χ1) is 9.92. The topological polar surface area (TPSA) is 75.6 Å². The Hall–Kier alpha value is -2.37. The van der Waals surface area contributed by atoms with Gasteiger partial charge in [-0.3, -0.25) is 4.79 Å². The fourth-order valence-corrected chi connectivity index (χ4v) is 1.47. The summed E-state index contributed by atoms with van der Waals surface area (Å²) < 4.78 is 18.8. The third-order valence-electron chi connectivity index (χ3n) is 2.75. The van der Waals surface area contributed by atoms with Gasteiger partial charge in [0.15, 0.2) is 18.2 Å². The molecule has 1 rings (SSSR count). The lowest BCUT2D eigenvalue weighted by Gasteiger charge is -2.12. The van der Waals surface area contributed by atoms with E-state index in [0.29, 0.717) is 5.56 Å². The molecule has 0 heterocycles. The molecule has 114 valence electrons. The van der Waals surface area contributed by atoms with Gasteiger partial charge in [0.2, 0.25) is 0 Å². The van der Waals surface area contributed by atoms with Crippen molar-refractivity contribution in [1.29, 1.82) is 0 Å². The summed E-state index contributed by atoms with van der Waals surface area (Å²) in [5, 5.41) is 11.2. The highest BCUT2D eigenvalue weighted by Gasteiger charge is 2.09. The van der Waals surface area contributed by atoms with Crippen molar-refractivity contribution in [3.8, 4) is 5.75 Å². The number of carbonyl (C=O) groups excluding carboxylic acids is 1. The number of aliphatic carboxylic acids is 1. The number of rotatable bonds is 7. The van der Waals surface area contributed by atoms with Gasteiger partial charge in [-0.25, -0.2) is 9.18 Å². The number of hydrogen-bond acceptors (Lipinski definition) is 3. The molecule has 1 aromatic rings. The standard InChI is InChI=1S/C15H18FNO4/c1-3-10(2)17-14(18)9-21-13-6-4-11(8-12(13)16)5-7-15(19)20/h4-8,10H,3,9H2,1-2H3,(H,17,18)(H,19,20)/b7-5+. The molecular weight excluding hydrogens is 277 g/mol. The van der Waals surface area contributed by atoms with Crippen molar-refractivity contribution >= 4 is 18.0 Å². The lowest BCUT2D eigenvalue weighted by atomic mass is 10.2. The zero-order valence-corrected chi connectivity index (χ0v) is 11.9. The molecule has 2 N–H and O–H groups in total. The van der Waals surface area contributed by atoms with Crippen molar-refractivity contribution in [3.63, 3.8) is 0 Å². The molecule has 1 atom stereocenters. The van der Waals surface area contributed by atoms with E-state index in [4.69, 9.17) is 9.84 Å². The Morgan fingerprint density at radius 1 is 1.48 bits per heavy atom. The molecule has 0 aliphatic heterocycles. The largest absolute Gasteiger partial charge is 0.481 e. The van der Waals surface area contributed by atoms with Crippen molar-refractivity contribution in [3.05, 3.63) is 35.7 Å². The minimum Gasteiger partial charge on any atom is -0.481 e. The molecule has 0 bridgehead atoms. The van der Waals surface area contributed by atoms with Crippen molar-refractivity contribution in [1.82, 2.24) is 5.32 Å². The van der Waals surface area contributed by atoms with Gasteiger partial charge in [-0.1, -0.05) is 13.0 Å². The zero-order valence-electron chi connectivity index (χ0n) is 11.9. The molecule has 21 heavy (non-hydrogen) atoms. The molecule has 1 amide bonds. The second kappa shape index (κ2) is 8.04. The van der Waals surface area contributed by atoms with Gasteiger partial charge in [0, 0.05) is 12.1 Å². The van der Waals surface area contributed by atoms with Gasteiger partial charge >= 0.3 is 5.97 Å². The summed E-state index contributed by atoms with van der Waals surface area (Å²) in [5.74, 6) is -2.14. The zero-order chi connectivity index (χ0) is 15.8. The van der Waals surface area contributed by atoms with Gasteiger partial charge in [0.05, 0.1) is 0 Å². The van der Waals surface area contributed by atoms with Gasteiger partial charge in [-0.05, 0) is 37.1 Å². The van der Waals surface area contributed by atoms with Gasteiger partial charge < -0.3 is 15.2 Å². The predicted octanol–water partition coefficient (Wildman–Crippen LogP) is 2.22. The molecule has 0 saturated carbocycles. The Labute approximate surface area is 122 Å². The average molecular weight is 295 g/mol. The Morgan fingerprint density at radius 2 is 2.19 bits per heavy atom. The summed E-state index contributed by atoms with van der Waals surface area (Å²) in [6, 6.07) is 4.04. The van der Waals surface area contributed by atoms with Crippen LogP contribution in [0.25, 0.3) is 6.08 Å². The van der Waals surface area contributed by atoms with E-state index >= 15 is 0 Å². The Kier molecular flexibility index (Phi) is 6.39. The molecule has 0 saturated heterocycles. The maximum Gasteiger partial charge on any atom is 0.328 e. The van der Waals surface area contributed by atoms with Gasteiger partial charge in [0.25, 0.3) is 5.91 Å². The summed E-state index contributed by atoms with van der Waals surface area (Å²) in [6.45, 7) is 3.53. The number of benzene rings is 1. The number of carbonyl (C=O) groups is 2. The fraction of sp³-hybridized carbons (Fsp3) is 0.333. The van der Waals surface area contributed by atoms with Gasteiger partial charge in [-0.15, -0.1) is 0 Å². The van der Waals surface area contributed by atoms with Crippen LogP contribution in [0.1, 0.15) is 25.8 Å². The van der Waals surface area contributed by atoms with E-state index in [9.17, 15) is 14.0 Å². The second-order valence-electron chi connectivity index (χ2n) is 4.53. The minimum atomic E-state index is -1.11. The molecule has 0 aliphatic rings. The maximum absolute atomic E-state index is 13.7. The molecule has 0 aliphatic carbocycles. The molecule has 0 fully saturated rings. The molecule has 5 nitrogen and oxygen atoms in total. The number of hydrogen-bond donors (Lipinski definition) is 2. The van der Waals surface area contributed by atoms with E-state index in [-0.39, 0.29) is 24.3 Å². The van der Waals surface area contributed by atoms with Crippen molar-refractivity contribution in [2.24, 2.45) is 0 Å². The van der Waals surface area contributed by atoms with E-state index in [1.165, 1.54) is 18.2 Å². The Balaban J connectivity index is 2.61. The van der Waals surface area contributed by atoms with Crippen LogP contribution in [0.15, 0.2) is 24.3 Å². The fourth-order valence-electron chi connectivity index (χ4n) is 1.47. The van der Waals surface area contributed by atoms with Crippen LogP contribution in [0.4, 0.5) is 4.39 Å². The highest BCUT2D eigenvalue weighted by atomic mass is 19.1. The smallest absolute Gasteiger partial charge is 0.328 e. The van der Waals surface area contributed by atoms with Crippen LogP contribution in [0.2, 0.25) is 0 Å². The molecule has 0 radical (unpaired) electrons. The SMILES string of the molecule is CCC(C)NC(=O)COc1ccc(/C=C/C(=O)O)cc1F. The van der Waals surface area contributed by atoms with Crippen molar-refractivity contribution in [2.75, 3.05) is 6.61 Å². The van der Waals surface area contributed by atoms with Gasteiger partial charge in [-0.2, -0.15) is 0 Å². The van der Waals surface area contributed by atoms with Crippen LogP contribution in [-0.2, 0) is 9.59 Å². The van der Waals surface area contributed by atoms with E-state index in [0.717, 1.165) is 18.6 Å². The van der Waals surface area contributed by atoms with Crippen molar-refractivity contribution < 1.29 is 23.8 Å². The molecular formula is C15H18FNO4. The van der Waals surface area contributed by atoms with Crippen LogP contribution in [-0.4, -0.2) is 29.6 Å². The van der Waals surface area contributed by atoms with Crippen LogP contribution in [0.3, 0.4) is 0 Å². The van der Waals surface area contributed by atoms with E-state index in [1.54, 1.807) is 0 Å². The minimum absolute atomic E-state index is 0.0366. The molecule has 1 unspecified atom stereocenters. The van der Waals surface area contributed by atoms with Crippen LogP contribution < -0.4 is 10.1 Å². The lowest BCUT2D eigenvalue weighted by molar-refractivity contribution is -0.131. The monoisotopic (exact) mass is 295 g/mol. The maximum atomic E-state index is 13.7. The van der Waals surface area contributed by atoms with Crippen LogP contribution >= 0.6 is 0 Å². The number of amides is 1. The number of halogens is 1. The number of ether oxygens (including phenoxy) is 1. The third-order valence-corrected chi connectivity index (χ3v) is 2.75. The first-order valence-corrected chi connectivity index (χ1v) is 6.55. The molecule has 1 aromatic carbocycles. The van der Waals surface area contributed by atoms with Crippen LogP contribution in [0, 0.1) is 5.82 Å². The number of carboxylic acid groups (broad SMARTS) is 1. The Bertz CT molecular complexity index is 542. The molecule has 0 spiro atoms. The highest BCUT2D eigenvalue weighted by molar-refractivity contribution is 5.85. The number of nitrogens with one attached hydrogen (secondary N) is 1. The predicted molar refractivity (Wildman–Crippen MR) is 76.5 cm³/mol. The average Bonchev–Trinajstić information content (AvgIpc) is 2.43. The summed E-state index contributed by atoms with van der Waals surface area (Å²) >= 11 is 0.